The number of hydrogen-bond donors (Lipinski definition) is 1. The van der Waals surface area contributed by atoms with Gasteiger partial charge in [-0.2, -0.15) is 0 Å². The molecule has 2 heterocycles. The Hall–Kier alpha value is -2.81. The van der Waals surface area contributed by atoms with Crippen LogP contribution in [0.3, 0.4) is 0 Å². The van der Waals surface area contributed by atoms with Gasteiger partial charge in [-0.25, -0.2) is 18.1 Å². The van der Waals surface area contributed by atoms with Gasteiger partial charge in [-0.1, -0.05) is 6.92 Å². The highest BCUT2D eigenvalue weighted by molar-refractivity contribution is 7.17. The maximum Gasteiger partial charge on any atom is 0.336 e. The molecule has 0 spiro atoms. The third-order valence-electron chi connectivity index (χ3n) is 4.18. The second kappa shape index (κ2) is 7.43. The summed E-state index contributed by atoms with van der Waals surface area (Å²) in [5.41, 5.74) is -1.44. The van der Waals surface area contributed by atoms with E-state index in [-0.39, 0.29) is 23.0 Å². The van der Waals surface area contributed by atoms with Gasteiger partial charge in [-0.3, -0.25) is 14.2 Å². The van der Waals surface area contributed by atoms with Crippen LogP contribution in [-0.4, -0.2) is 21.1 Å². The van der Waals surface area contributed by atoms with Crippen molar-refractivity contribution in [1.82, 2.24) is 14.5 Å². The van der Waals surface area contributed by atoms with Gasteiger partial charge in [-0.05, 0) is 36.9 Å². The molecular formula is C18H17F2N3O3S. The summed E-state index contributed by atoms with van der Waals surface area (Å²) < 4.78 is 29.2. The number of benzene rings is 1. The van der Waals surface area contributed by atoms with Crippen LogP contribution in [0.5, 0.6) is 0 Å². The maximum atomic E-state index is 13.6. The highest BCUT2D eigenvalue weighted by Crippen LogP contribution is 2.17. The van der Waals surface area contributed by atoms with E-state index < -0.39 is 28.8 Å². The van der Waals surface area contributed by atoms with Crippen molar-refractivity contribution in [3.05, 3.63) is 62.1 Å². The summed E-state index contributed by atoms with van der Waals surface area (Å²) in [6.07, 6.45) is 0.719. The molecule has 142 valence electrons. The van der Waals surface area contributed by atoms with E-state index in [2.05, 4.69) is 5.32 Å². The summed E-state index contributed by atoms with van der Waals surface area (Å²) in [5.74, 6) is -2.22. The van der Waals surface area contributed by atoms with Crippen molar-refractivity contribution in [1.29, 1.82) is 0 Å². The summed E-state index contributed by atoms with van der Waals surface area (Å²) in [6.45, 7) is 3.43. The molecule has 0 bridgehead atoms. The van der Waals surface area contributed by atoms with Crippen LogP contribution in [0, 0.1) is 11.6 Å². The van der Waals surface area contributed by atoms with Crippen LogP contribution in [0.15, 0.2) is 39.2 Å². The summed E-state index contributed by atoms with van der Waals surface area (Å²) in [7, 11) is 0. The van der Waals surface area contributed by atoms with Gasteiger partial charge in [-0.15, -0.1) is 11.3 Å². The highest BCUT2D eigenvalue weighted by atomic mass is 32.1. The van der Waals surface area contributed by atoms with Gasteiger partial charge in [0.05, 0.1) is 11.2 Å². The van der Waals surface area contributed by atoms with Crippen molar-refractivity contribution >= 4 is 27.5 Å². The Kier molecular flexibility index (Phi) is 5.22. The number of aromatic nitrogens is 2. The zero-order valence-electron chi connectivity index (χ0n) is 14.7. The minimum atomic E-state index is -0.913. The van der Waals surface area contributed by atoms with Crippen LogP contribution >= 0.6 is 11.3 Å². The first-order valence-electron chi connectivity index (χ1n) is 8.30. The zero-order valence-corrected chi connectivity index (χ0v) is 15.5. The molecule has 0 aliphatic rings. The van der Waals surface area contributed by atoms with E-state index in [0.29, 0.717) is 16.2 Å². The zero-order chi connectivity index (χ0) is 19.7. The highest BCUT2D eigenvalue weighted by Gasteiger charge is 2.18. The monoisotopic (exact) mass is 393 g/mol. The smallest absolute Gasteiger partial charge is 0.336 e. The number of nitrogens with zero attached hydrogens (tertiary/aromatic N) is 2. The summed E-state index contributed by atoms with van der Waals surface area (Å²) in [4.78, 5) is 37.9. The van der Waals surface area contributed by atoms with E-state index in [9.17, 15) is 23.2 Å². The maximum absolute atomic E-state index is 13.6. The lowest BCUT2D eigenvalue weighted by Gasteiger charge is -2.15. The fourth-order valence-corrected chi connectivity index (χ4v) is 3.53. The molecule has 9 heteroatoms. The molecule has 0 saturated heterocycles. The average molecular weight is 393 g/mol. The predicted molar refractivity (Wildman–Crippen MR) is 99.5 cm³/mol. The number of carbonyl (C=O) groups excluding carboxylic acids is 1. The third-order valence-corrected chi connectivity index (χ3v) is 5.07. The molecule has 1 atom stereocenters. The van der Waals surface area contributed by atoms with E-state index in [1.807, 2.05) is 13.8 Å². The molecular weight excluding hydrogens is 376 g/mol. The molecule has 0 aliphatic heterocycles. The normalized spacial score (nSPS) is 12.3. The molecule has 2 aromatic heterocycles. The second-order valence-corrected chi connectivity index (χ2v) is 7.06. The summed E-state index contributed by atoms with van der Waals surface area (Å²) in [5, 5.41) is 4.37. The molecule has 27 heavy (non-hydrogen) atoms. The predicted octanol–water partition coefficient (Wildman–Crippen LogP) is 2.41. The van der Waals surface area contributed by atoms with Gasteiger partial charge in [0.1, 0.15) is 22.9 Å². The van der Waals surface area contributed by atoms with Gasteiger partial charge >= 0.3 is 5.69 Å². The minimum Gasteiger partial charge on any atom is -0.352 e. The molecule has 0 aliphatic carbocycles. The number of nitrogens with one attached hydrogen (secondary N) is 1. The first kappa shape index (κ1) is 19.0. The fraction of sp³-hybridized carbons (Fsp3) is 0.278. The van der Waals surface area contributed by atoms with Gasteiger partial charge in [0.15, 0.2) is 0 Å². The van der Waals surface area contributed by atoms with Crippen molar-refractivity contribution < 1.29 is 13.6 Å². The average Bonchev–Trinajstić information content (AvgIpc) is 3.07. The van der Waals surface area contributed by atoms with Gasteiger partial charge in [0, 0.05) is 12.1 Å². The number of halogens is 2. The van der Waals surface area contributed by atoms with Crippen molar-refractivity contribution in [2.75, 3.05) is 0 Å². The summed E-state index contributed by atoms with van der Waals surface area (Å²) in [6, 6.07) is 3.94. The lowest BCUT2D eigenvalue weighted by Crippen LogP contribution is -2.42. The Morgan fingerprint density at radius 1 is 1.22 bits per heavy atom. The van der Waals surface area contributed by atoms with Crippen LogP contribution in [0.25, 0.3) is 15.9 Å². The molecule has 1 N–H and O–H groups in total. The van der Waals surface area contributed by atoms with Crippen LogP contribution in [0.2, 0.25) is 0 Å². The summed E-state index contributed by atoms with van der Waals surface area (Å²) >= 11 is 1.09. The van der Waals surface area contributed by atoms with E-state index in [0.717, 1.165) is 34.5 Å². The number of carbonyl (C=O) groups is 1. The van der Waals surface area contributed by atoms with E-state index in [1.165, 1.54) is 0 Å². The van der Waals surface area contributed by atoms with E-state index in [1.54, 1.807) is 11.4 Å². The Morgan fingerprint density at radius 2 is 1.89 bits per heavy atom. The number of hydrogen-bond acceptors (Lipinski definition) is 4. The van der Waals surface area contributed by atoms with Crippen LogP contribution in [-0.2, 0) is 11.3 Å². The van der Waals surface area contributed by atoms with Crippen molar-refractivity contribution in [2.45, 2.75) is 32.9 Å². The standard InChI is InChI=1S/C18H17F2N3O3S/c1-3-10(2)21-15(24)9-22-14-4-5-27-16(14)17(25)23(18(22)26)13-7-11(19)6-12(20)8-13/h4-8,10H,3,9H2,1-2H3,(H,21,24). The molecule has 6 nitrogen and oxygen atoms in total. The van der Waals surface area contributed by atoms with Crippen molar-refractivity contribution in [2.24, 2.45) is 0 Å². The van der Waals surface area contributed by atoms with Gasteiger partial charge in [0.25, 0.3) is 5.56 Å². The molecule has 1 unspecified atom stereocenters. The topological polar surface area (TPSA) is 73.1 Å². The first-order chi connectivity index (χ1) is 12.8. The SMILES string of the molecule is CCC(C)NC(=O)Cn1c(=O)n(-c2cc(F)cc(F)c2)c(=O)c2sccc21. The molecule has 0 fully saturated rings. The largest absolute Gasteiger partial charge is 0.352 e. The van der Waals surface area contributed by atoms with Crippen LogP contribution in [0.4, 0.5) is 8.78 Å². The van der Waals surface area contributed by atoms with Gasteiger partial charge in [0.2, 0.25) is 5.91 Å². The molecule has 1 aromatic carbocycles. The number of thiophene rings is 1. The number of amides is 1. The fourth-order valence-electron chi connectivity index (χ4n) is 2.70. The molecule has 0 radical (unpaired) electrons. The first-order valence-corrected chi connectivity index (χ1v) is 9.18. The molecule has 0 saturated carbocycles. The quantitative estimate of drug-likeness (QED) is 0.724. The van der Waals surface area contributed by atoms with Crippen LogP contribution < -0.4 is 16.6 Å². The lowest BCUT2D eigenvalue weighted by atomic mass is 10.2. The number of rotatable bonds is 5. The van der Waals surface area contributed by atoms with Gasteiger partial charge < -0.3 is 5.32 Å². The lowest BCUT2D eigenvalue weighted by molar-refractivity contribution is -0.122. The Labute approximate surface area is 156 Å². The molecule has 3 rings (SSSR count). The Balaban J connectivity index is 2.20. The Bertz CT molecular complexity index is 1110. The minimum absolute atomic E-state index is 0.0746. The molecule has 1 amide bonds. The Morgan fingerprint density at radius 3 is 2.52 bits per heavy atom. The third kappa shape index (κ3) is 3.68. The van der Waals surface area contributed by atoms with Crippen molar-refractivity contribution in [3.8, 4) is 5.69 Å². The molecule has 3 aromatic rings. The second-order valence-electron chi connectivity index (χ2n) is 6.15. The number of fused-ring (bicyclic) bond motifs is 1. The van der Waals surface area contributed by atoms with Crippen molar-refractivity contribution in [3.63, 3.8) is 0 Å². The van der Waals surface area contributed by atoms with E-state index in [4.69, 9.17) is 0 Å². The van der Waals surface area contributed by atoms with E-state index >= 15 is 0 Å². The van der Waals surface area contributed by atoms with Crippen LogP contribution in [0.1, 0.15) is 20.3 Å².